The fourth-order valence-electron chi connectivity index (χ4n) is 1.22. The molecular formula is C11H14ClF2NO2. The lowest BCUT2D eigenvalue weighted by molar-refractivity contribution is -0.149. The van der Waals surface area contributed by atoms with Crippen molar-refractivity contribution in [2.45, 2.75) is 19.1 Å². The van der Waals surface area contributed by atoms with Crippen molar-refractivity contribution in [3.63, 3.8) is 0 Å². The van der Waals surface area contributed by atoms with Crippen LogP contribution in [0.2, 0.25) is 0 Å². The van der Waals surface area contributed by atoms with Crippen LogP contribution < -0.4 is 5.73 Å². The Hall–Kier alpha value is -1.20. The van der Waals surface area contributed by atoms with E-state index in [0.29, 0.717) is 5.56 Å². The molecular weight excluding hydrogens is 252 g/mol. The van der Waals surface area contributed by atoms with Gasteiger partial charge in [0, 0.05) is 0 Å². The molecule has 0 amide bonds. The Bertz CT molecular complexity index is 359. The number of rotatable bonds is 4. The lowest BCUT2D eigenvalue weighted by Crippen LogP contribution is -2.31. The van der Waals surface area contributed by atoms with Crippen molar-refractivity contribution in [3.05, 3.63) is 35.6 Å². The van der Waals surface area contributed by atoms with Crippen LogP contribution in [-0.2, 0) is 9.53 Å². The van der Waals surface area contributed by atoms with Gasteiger partial charge in [-0.05, 0) is 24.6 Å². The number of hydrogen-bond acceptors (Lipinski definition) is 3. The Kier molecular flexibility index (Phi) is 6.68. The lowest BCUT2D eigenvalue weighted by atomic mass is 10.0. The van der Waals surface area contributed by atoms with Crippen LogP contribution in [0.5, 0.6) is 0 Å². The SMILES string of the molecule is CCOC(=O)C(F)[C@H](N)c1ccc(F)cc1.Cl. The normalized spacial score (nSPS) is 13.4. The largest absolute Gasteiger partial charge is 0.464 e. The van der Waals surface area contributed by atoms with Gasteiger partial charge in [0.05, 0.1) is 12.6 Å². The van der Waals surface area contributed by atoms with Gasteiger partial charge in [-0.25, -0.2) is 13.6 Å². The standard InChI is InChI=1S/C11H13F2NO2.ClH/c1-2-16-11(15)9(13)10(14)7-3-5-8(12)6-4-7;/h3-6,9-10H,2,14H2,1H3;1H/t9?,10-;/m1./s1. The number of ether oxygens (including phenoxy) is 1. The quantitative estimate of drug-likeness (QED) is 0.849. The summed E-state index contributed by atoms with van der Waals surface area (Å²) in [7, 11) is 0. The summed E-state index contributed by atoms with van der Waals surface area (Å²) >= 11 is 0. The number of carbonyl (C=O) groups excluding carboxylic acids is 1. The number of alkyl halides is 1. The van der Waals surface area contributed by atoms with Crippen molar-refractivity contribution in [1.82, 2.24) is 0 Å². The summed E-state index contributed by atoms with van der Waals surface area (Å²) in [6, 6.07) is 3.86. The molecule has 17 heavy (non-hydrogen) atoms. The topological polar surface area (TPSA) is 52.3 Å². The Morgan fingerprint density at radius 2 is 1.94 bits per heavy atom. The predicted octanol–water partition coefficient (Wildman–Crippen LogP) is 2.15. The second-order valence-corrected chi connectivity index (χ2v) is 3.23. The molecule has 2 N–H and O–H groups in total. The van der Waals surface area contributed by atoms with Gasteiger partial charge in [-0.2, -0.15) is 0 Å². The number of esters is 1. The molecule has 0 aliphatic heterocycles. The Labute approximate surface area is 104 Å². The molecule has 0 bridgehead atoms. The van der Waals surface area contributed by atoms with Gasteiger partial charge in [-0.1, -0.05) is 12.1 Å². The predicted molar refractivity (Wildman–Crippen MR) is 62.1 cm³/mol. The second-order valence-electron chi connectivity index (χ2n) is 3.23. The summed E-state index contributed by atoms with van der Waals surface area (Å²) < 4.78 is 30.6. The van der Waals surface area contributed by atoms with E-state index in [-0.39, 0.29) is 19.0 Å². The molecule has 0 fully saturated rings. The molecule has 1 unspecified atom stereocenters. The Morgan fingerprint density at radius 1 is 1.41 bits per heavy atom. The van der Waals surface area contributed by atoms with Gasteiger partial charge in [0.25, 0.3) is 0 Å². The summed E-state index contributed by atoms with van der Waals surface area (Å²) in [5, 5.41) is 0. The van der Waals surface area contributed by atoms with E-state index in [1.165, 1.54) is 12.1 Å². The van der Waals surface area contributed by atoms with Crippen molar-refractivity contribution in [2.24, 2.45) is 5.73 Å². The highest BCUT2D eigenvalue weighted by Gasteiger charge is 2.27. The minimum atomic E-state index is -1.94. The van der Waals surface area contributed by atoms with Gasteiger partial charge < -0.3 is 10.5 Å². The number of hydrogen-bond donors (Lipinski definition) is 1. The fraction of sp³-hybridized carbons (Fsp3) is 0.364. The van der Waals surface area contributed by atoms with E-state index in [9.17, 15) is 13.6 Å². The van der Waals surface area contributed by atoms with Crippen molar-refractivity contribution < 1.29 is 18.3 Å². The first kappa shape index (κ1) is 15.8. The molecule has 0 saturated heterocycles. The molecule has 6 heteroatoms. The summed E-state index contributed by atoms with van der Waals surface area (Å²) in [5.74, 6) is -1.44. The van der Waals surface area contributed by atoms with Crippen molar-refractivity contribution in [2.75, 3.05) is 6.61 Å². The van der Waals surface area contributed by atoms with Gasteiger partial charge in [0.1, 0.15) is 5.82 Å². The van der Waals surface area contributed by atoms with E-state index in [4.69, 9.17) is 5.73 Å². The van der Waals surface area contributed by atoms with E-state index in [0.717, 1.165) is 12.1 Å². The second kappa shape index (κ2) is 7.19. The minimum Gasteiger partial charge on any atom is -0.464 e. The summed E-state index contributed by atoms with van der Waals surface area (Å²) in [5.41, 5.74) is 5.87. The van der Waals surface area contributed by atoms with E-state index in [1.54, 1.807) is 6.92 Å². The molecule has 0 aliphatic rings. The van der Waals surface area contributed by atoms with Crippen molar-refractivity contribution in [3.8, 4) is 0 Å². The molecule has 1 aromatic carbocycles. The molecule has 0 heterocycles. The maximum atomic E-state index is 13.5. The smallest absolute Gasteiger partial charge is 0.342 e. The average Bonchev–Trinajstić information content (AvgIpc) is 2.28. The van der Waals surface area contributed by atoms with Crippen LogP contribution in [0.25, 0.3) is 0 Å². The van der Waals surface area contributed by atoms with Crippen LogP contribution in [-0.4, -0.2) is 18.7 Å². The highest BCUT2D eigenvalue weighted by atomic mass is 35.5. The molecule has 2 atom stereocenters. The van der Waals surface area contributed by atoms with E-state index in [2.05, 4.69) is 4.74 Å². The van der Waals surface area contributed by atoms with Gasteiger partial charge in [0.2, 0.25) is 6.17 Å². The van der Waals surface area contributed by atoms with Crippen molar-refractivity contribution in [1.29, 1.82) is 0 Å². The number of halogens is 3. The summed E-state index contributed by atoms with van der Waals surface area (Å²) in [6.07, 6.45) is -1.94. The highest BCUT2D eigenvalue weighted by molar-refractivity contribution is 5.85. The Morgan fingerprint density at radius 3 is 2.41 bits per heavy atom. The highest BCUT2D eigenvalue weighted by Crippen LogP contribution is 2.18. The molecule has 0 aliphatic carbocycles. The van der Waals surface area contributed by atoms with Gasteiger partial charge in [-0.15, -0.1) is 12.4 Å². The average molecular weight is 266 g/mol. The Balaban J connectivity index is 0.00000256. The van der Waals surface area contributed by atoms with Crippen molar-refractivity contribution >= 4 is 18.4 Å². The third kappa shape index (κ3) is 4.28. The molecule has 0 spiro atoms. The fourth-order valence-corrected chi connectivity index (χ4v) is 1.22. The summed E-state index contributed by atoms with van der Waals surface area (Å²) in [6.45, 7) is 1.67. The van der Waals surface area contributed by atoms with Gasteiger partial charge in [0.15, 0.2) is 0 Å². The number of benzene rings is 1. The monoisotopic (exact) mass is 265 g/mol. The van der Waals surface area contributed by atoms with Crippen LogP contribution in [0, 0.1) is 5.82 Å². The van der Waals surface area contributed by atoms with Crippen LogP contribution in [0.3, 0.4) is 0 Å². The lowest BCUT2D eigenvalue weighted by Gasteiger charge is -2.15. The molecule has 0 saturated carbocycles. The number of nitrogens with two attached hydrogens (primary N) is 1. The molecule has 0 radical (unpaired) electrons. The zero-order valence-electron chi connectivity index (χ0n) is 9.23. The van der Waals surface area contributed by atoms with Crippen LogP contribution in [0.1, 0.15) is 18.5 Å². The zero-order valence-corrected chi connectivity index (χ0v) is 10.0. The molecule has 1 aromatic rings. The van der Waals surface area contributed by atoms with E-state index in [1.807, 2.05) is 0 Å². The van der Waals surface area contributed by atoms with Crippen LogP contribution in [0.4, 0.5) is 8.78 Å². The van der Waals surface area contributed by atoms with Gasteiger partial charge in [-0.3, -0.25) is 0 Å². The minimum absolute atomic E-state index is 0. The van der Waals surface area contributed by atoms with Crippen LogP contribution >= 0.6 is 12.4 Å². The maximum absolute atomic E-state index is 13.5. The molecule has 3 nitrogen and oxygen atoms in total. The maximum Gasteiger partial charge on any atom is 0.342 e. The van der Waals surface area contributed by atoms with Gasteiger partial charge >= 0.3 is 5.97 Å². The first-order chi connectivity index (χ1) is 7.56. The van der Waals surface area contributed by atoms with E-state index < -0.39 is 24.0 Å². The van der Waals surface area contributed by atoms with E-state index >= 15 is 0 Å². The molecule has 96 valence electrons. The number of carbonyl (C=O) groups is 1. The van der Waals surface area contributed by atoms with Crippen LogP contribution in [0.15, 0.2) is 24.3 Å². The summed E-state index contributed by atoms with van der Waals surface area (Å²) in [4.78, 5) is 11.1. The first-order valence-electron chi connectivity index (χ1n) is 4.88. The zero-order chi connectivity index (χ0) is 12.1. The molecule has 0 aromatic heterocycles. The first-order valence-corrected chi connectivity index (χ1v) is 4.88. The third-order valence-corrected chi connectivity index (χ3v) is 2.08. The molecule has 1 rings (SSSR count). The third-order valence-electron chi connectivity index (χ3n) is 2.08.